The van der Waals surface area contributed by atoms with Crippen LogP contribution in [-0.2, 0) is 4.74 Å². The molecule has 1 aliphatic rings. The average Bonchev–Trinajstić information content (AvgIpc) is 2.63. The van der Waals surface area contributed by atoms with E-state index >= 15 is 0 Å². The Morgan fingerprint density at radius 2 is 2.47 bits per heavy atom. The summed E-state index contributed by atoms with van der Waals surface area (Å²) in [4.78, 5) is 7.91. The topological polar surface area (TPSA) is 44.2 Å². The van der Waals surface area contributed by atoms with Crippen molar-refractivity contribution < 1.29 is 9.47 Å². The molecule has 0 radical (unpaired) electrons. The van der Waals surface area contributed by atoms with Crippen molar-refractivity contribution in [2.24, 2.45) is 5.41 Å². The van der Waals surface area contributed by atoms with Gasteiger partial charge in [-0.3, -0.25) is 4.98 Å². The molecule has 1 unspecified atom stereocenters. The number of nitrogens with zero attached hydrogens (tertiary/aromatic N) is 2. The molecule has 1 atom stereocenters. The molecule has 1 aromatic heterocycles. The average molecular weight is 229 g/mol. The Bertz CT molecular complexity index is 340. The first-order valence-corrected chi connectivity index (χ1v) is 5.24. The highest BCUT2D eigenvalue weighted by molar-refractivity contribution is 6.29. The second kappa shape index (κ2) is 4.33. The molecule has 15 heavy (non-hydrogen) atoms. The van der Waals surface area contributed by atoms with Gasteiger partial charge in [0.05, 0.1) is 25.6 Å². The fourth-order valence-corrected chi connectivity index (χ4v) is 1.61. The summed E-state index contributed by atoms with van der Waals surface area (Å²) in [5.74, 6) is 0.468. The third-order valence-corrected chi connectivity index (χ3v) is 2.63. The second-order valence-corrected chi connectivity index (χ2v) is 4.47. The molecule has 82 valence electrons. The molecule has 0 amide bonds. The van der Waals surface area contributed by atoms with E-state index in [4.69, 9.17) is 21.1 Å². The summed E-state index contributed by atoms with van der Waals surface area (Å²) in [6.07, 6.45) is 4.06. The lowest BCUT2D eigenvalue weighted by molar-refractivity contribution is 0.115. The molecule has 1 aromatic rings. The van der Waals surface area contributed by atoms with Gasteiger partial charge >= 0.3 is 0 Å². The van der Waals surface area contributed by atoms with Gasteiger partial charge in [-0.15, -0.1) is 0 Å². The van der Waals surface area contributed by atoms with Gasteiger partial charge in [0.25, 0.3) is 0 Å². The van der Waals surface area contributed by atoms with Crippen molar-refractivity contribution in [3.8, 4) is 5.88 Å². The fraction of sp³-hybridized carbons (Fsp3) is 0.600. The summed E-state index contributed by atoms with van der Waals surface area (Å²) in [6.45, 7) is 4.27. The molecular weight excluding hydrogens is 216 g/mol. The molecule has 0 aromatic carbocycles. The predicted octanol–water partition coefficient (Wildman–Crippen LogP) is 1.94. The smallest absolute Gasteiger partial charge is 0.233 e. The van der Waals surface area contributed by atoms with E-state index in [0.29, 0.717) is 17.6 Å². The Morgan fingerprint density at radius 1 is 1.60 bits per heavy atom. The van der Waals surface area contributed by atoms with Crippen LogP contribution in [0, 0.1) is 5.41 Å². The summed E-state index contributed by atoms with van der Waals surface area (Å²) in [5.41, 5.74) is 0.0873. The molecule has 0 spiro atoms. The van der Waals surface area contributed by atoms with Gasteiger partial charge in [0.2, 0.25) is 5.88 Å². The van der Waals surface area contributed by atoms with E-state index < -0.39 is 0 Å². The van der Waals surface area contributed by atoms with Crippen molar-refractivity contribution in [3.63, 3.8) is 0 Å². The normalized spacial score (nSPS) is 25.5. The van der Waals surface area contributed by atoms with Crippen LogP contribution in [0.25, 0.3) is 0 Å². The Hall–Kier alpha value is -0.870. The van der Waals surface area contributed by atoms with Crippen LogP contribution in [0.15, 0.2) is 12.4 Å². The minimum absolute atomic E-state index is 0.0873. The van der Waals surface area contributed by atoms with Gasteiger partial charge < -0.3 is 9.47 Å². The van der Waals surface area contributed by atoms with Gasteiger partial charge in [0, 0.05) is 12.0 Å². The first-order valence-electron chi connectivity index (χ1n) is 4.86. The molecule has 1 saturated heterocycles. The van der Waals surface area contributed by atoms with E-state index in [-0.39, 0.29) is 5.41 Å². The zero-order valence-electron chi connectivity index (χ0n) is 8.57. The molecule has 2 rings (SSSR count). The zero-order valence-corrected chi connectivity index (χ0v) is 9.33. The highest BCUT2D eigenvalue weighted by Gasteiger charge is 2.30. The maximum absolute atomic E-state index is 5.70. The fourth-order valence-electron chi connectivity index (χ4n) is 1.47. The Balaban J connectivity index is 1.92. The molecule has 0 saturated carbocycles. The molecule has 5 heteroatoms. The van der Waals surface area contributed by atoms with E-state index in [9.17, 15) is 0 Å². The lowest BCUT2D eigenvalue weighted by Crippen LogP contribution is -2.25. The molecule has 4 nitrogen and oxygen atoms in total. The minimum atomic E-state index is 0.0873. The van der Waals surface area contributed by atoms with Crippen LogP contribution < -0.4 is 4.74 Å². The molecule has 0 aliphatic carbocycles. The summed E-state index contributed by atoms with van der Waals surface area (Å²) < 4.78 is 10.9. The summed E-state index contributed by atoms with van der Waals surface area (Å²) in [5, 5.41) is 0.348. The third-order valence-electron chi connectivity index (χ3n) is 2.45. The number of aromatic nitrogens is 2. The molecule has 1 fully saturated rings. The molecular formula is C10H13ClN2O2. The lowest BCUT2D eigenvalue weighted by atomic mass is 9.91. The number of halogens is 1. The number of ether oxygens (including phenoxy) is 2. The summed E-state index contributed by atoms with van der Waals surface area (Å²) in [6, 6.07) is 0. The Morgan fingerprint density at radius 3 is 3.13 bits per heavy atom. The number of hydrogen-bond acceptors (Lipinski definition) is 4. The van der Waals surface area contributed by atoms with Crippen LogP contribution in [-0.4, -0.2) is 29.8 Å². The first-order chi connectivity index (χ1) is 7.18. The number of rotatable bonds is 3. The largest absolute Gasteiger partial charge is 0.476 e. The van der Waals surface area contributed by atoms with Gasteiger partial charge in [-0.2, -0.15) is 4.98 Å². The van der Waals surface area contributed by atoms with Gasteiger partial charge in [0.15, 0.2) is 5.15 Å². The summed E-state index contributed by atoms with van der Waals surface area (Å²) >= 11 is 5.70. The summed E-state index contributed by atoms with van der Waals surface area (Å²) in [7, 11) is 0. The maximum Gasteiger partial charge on any atom is 0.233 e. The maximum atomic E-state index is 5.70. The zero-order chi connectivity index (χ0) is 10.7. The van der Waals surface area contributed by atoms with Crippen LogP contribution in [0.4, 0.5) is 0 Å². The van der Waals surface area contributed by atoms with Crippen LogP contribution in [0.2, 0.25) is 5.15 Å². The second-order valence-electron chi connectivity index (χ2n) is 4.08. The van der Waals surface area contributed by atoms with E-state index in [2.05, 4.69) is 16.9 Å². The van der Waals surface area contributed by atoms with Crippen LogP contribution in [0.1, 0.15) is 13.3 Å². The van der Waals surface area contributed by atoms with Crippen molar-refractivity contribution >= 4 is 11.6 Å². The van der Waals surface area contributed by atoms with Crippen molar-refractivity contribution in [2.45, 2.75) is 13.3 Å². The van der Waals surface area contributed by atoms with Crippen molar-refractivity contribution in [1.82, 2.24) is 9.97 Å². The Labute approximate surface area is 93.6 Å². The highest BCUT2D eigenvalue weighted by atomic mass is 35.5. The number of hydrogen-bond donors (Lipinski definition) is 0. The van der Waals surface area contributed by atoms with Crippen LogP contribution in [0.5, 0.6) is 5.88 Å². The standard InChI is InChI=1S/C10H13ClN2O2/c1-10(2-3-14-6-10)7-15-9-5-12-4-8(11)13-9/h4-5H,2-3,6-7H2,1H3. The quantitative estimate of drug-likeness (QED) is 0.793. The van der Waals surface area contributed by atoms with Gasteiger partial charge in [-0.05, 0) is 6.42 Å². The Kier molecular flexibility index (Phi) is 3.07. The lowest BCUT2D eigenvalue weighted by Gasteiger charge is -2.21. The van der Waals surface area contributed by atoms with E-state index in [1.807, 2.05) is 0 Å². The van der Waals surface area contributed by atoms with E-state index in [1.165, 1.54) is 6.20 Å². The monoisotopic (exact) mass is 228 g/mol. The molecule has 0 N–H and O–H groups in total. The minimum Gasteiger partial charge on any atom is -0.476 e. The van der Waals surface area contributed by atoms with Gasteiger partial charge in [-0.1, -0.05) is 18.5 Å². The predicted molar refractivity (Wildman–Crippen MR) is 56.1 cm³/mol. The first kappa shape index (κ1) is 10.6. The molecule has 2 heterocycles. The molecule has 1 aliphatic heterocycles. The van der Waals surface area contributed by atoms with Crippen molar-refractivity contribution in [2.75, 3.05) is 19.8 Å². The van der Waals surface area contributed by atoms with Crippen LogP contribution in [0.3, 0.4) is 0 Å². The van der Waals surface area contributed by atoms with Crippen molar-refractivity contribution in [1.29, 1.82) is 0 Å². The van der Waals surface area contributed by atoms with Crippen molar-refractivity contribution in [3.05, 3.63) is 17.5 Å². The highest BCUT2D eigenvalue weighted by Crippen LogP contribution is 2.28. The SMILES string of the molecule is CC1(COc2cncc(Cl)n2)CCOC1. The van der Waals surface area contributed by atoms with Crippen LogP contribution >= 0.6 is 11.6 Å². The third kappa shape index (κ3) is 2.79. The van der Waals surface area contributed by atoms with Gasteiger partial charge in [0.1, 0.15) is 0 Å². The van der Waals surface area contributed by atoms with Gasteiger partial charge in [-0.25, -0.2) is 0 Å². The molecule has 0 bridgehead atoms. The van der Waals surface area contributed by atoms with E-state index in [1.54, 1.807) is 6.20 Å². The van der Waals surface area contributed by atoms with E-state index in [0.717, 1.165) is 19.6 Å².